The van der Waals surface area contributed by atoms with Crippen molar-refractivity contribution in [3.63, 3.8) is 0 Å². The summed E-state index contributed by atoms with van der Waals surface area (Å²) in [5.41, 5.74) is 0. The first-order valence-electron chi connectivity index (χ1n) is 6.68. The van der Waals surface area contributed by atoms with E-state index < -0.39 is 24.1 Å². The molecule has 0 spiro atoms. The molecule has 4 N–H and O–H groups in total. The maximum Gasteiger partial charge on any atom is 0.328 e. The molecule has 0 radical (unpaired) electrons. The first-order chi connectivity index (χ1) is 9.00. The van der Waals surface area contributed by atoms with E-state index in [9.17, 15) is 14.7 Å². The Morgan fingerprint density at radius 3 is 2.47 bits per heavy atom. The molecule has 2 unspecified atom stereocenters. The Morgan fingerprint density at radius 1 is 1.32 bits per heavy atom. The summed E-state index contributed by atoms with van der Waals surface area (Å²) in [6.45, 7) is 5.00. The molecule has 0 aromatic carbocycles. The average molecular weight is 273 g/mol. The van der Waals surface area contributed by atoms with E-state index in [0.717, 1.165) is 26.1 Å². The molecule has 1 rings (SSSR count). The van der Waals surface area contributed by atoms with Gasteiger partial charge in [0.1, 0.15) is 0 Å². The molecule has 0 aliphatic carbocycles. The predicted molar refractivity (Wildman–Crippen MR) is 69.9 cm³/mol. The maximum absolute atomic E-state index is 11.4. The van der Waals surface area contributed by atoms with Crippen LogP contribution in [0.25, 0.3) is 0 Å². The molecule has 2 amide bonds. The summed E-state index contributed by atoms with van der Waals surface area (Å²) in [5.74, 6) is -1.25. The fourth-order valence-corrected chi connectivity index (χ4v) is 2.09. The minimum atomic E-state index is -1.28. The van der Waals surface area contributed by atoms with E-state index in [4.69, 9.17) is 5.11 Å². The van der Waals surface area contributed by atoms with Gasteiger partial charge in [-0.25, -0.2) is 9.59 Å². The molecule has 0 saturated carbocycles. The average Bonchev–Trinajstić information content (AvgIpc) is 2.84. The van der Waals surface area contributed by atoms with Gasteiger partial charge in [-0.1, -0.05) is 0 Å². The summed E-state index contributed by atoms with van der Waals surface area (Å²) in [4.78, 5) is 24.6. The Labute approximate surface area is 113 Å². The van der Waals surface area contributed by atoms with Crippen molar-refractivity contribution in [1.29, 1.82) is 0 Å². The van der Waals surface area contributed by atoms with E-state index in [-0.39, 0.29) is 0 Å². The van der Waals surface area contributed by atoms with Crippen molar-refractivity contribution in [2.75, 3.05) is 26.2 Å². The standard InChI is InChI=1S/C12H23N3O4/c1-9(16)10(11(17)18)14-12(19)13-5-4-8-15-6-2-3-7-15/h9-10,16H,2-8H2,1H3,(H,17,18)(H2,13,14,19). The highest BCUT2D eigenvalue weighted by Gasteiger charge is 2.24. The summed E-state index contributed by atoms with van der Waals surface area (Å²) in [7, 11) is 0. The van der Waals surface area contributed by atoms with E-state index in [1.165, 1.54) is 19.8 Å². The lowest BCUT2D eigenvalue weighted by Crippen LogP contribution is -2.51. The number of nitrogens with zero attached hydrogens (tertiary/aromatic N) is 1. The van der Waals surface area contributed by atoms with Crippen molar-refractivity contribution < 1.29 is 19.8 Å². The molecule has 0 bridgehead atoms. The van der Waals surface area contributed by atoms with Gasteiger partial charge in [-0.15, -0.1) is 0 Å². The van der Waals surface area contributed by atoms with Gasteiger partial charge in [-0.3, -0.25) is 0 Å². The zero-order valence-corrected chi connectivity index (χ0v) is 11.3. The largest absolute Gasteiger partial charge is 0.480 e. The third-order valence-corrected chi connectivity index (χ3v) is 3.17. The highest BCUT2D eigenvalue weighted by atomic mass is 16.4. The van der Waals surface area contributed by atoms with Gasteiger partial charge in [-0.05, 0) is 45.8 Å². The van der Waals surface area contributed by atoms with Crippen molar-refractivity contribution in [1.82, 2.24) is 15.5 Å². The lowest BCUT2D eigenvalue weighted by molar-refractivity contribution is -0.141. The van der Waals surface area contributed by atoms with Crippen LogP contribution >= 0.6 is 0 Å². The second-order valence-corrected chi connectivity index (χ2v) is 4.86. The summed E-state index contributed by atoms with van der Waals surface area (Å²) in [6.07, 6.45) is 2.18. The Morgan fingerprint density at radius 2 is 1.95 bits per heavy atom. The number of hydrogen-bond acceptors (Lipinski definition) is 4. The number of aliphatic hydroxyl groups is 1. The number of amides is 2. The third-order valence-electron chi connectivity index (χ3n) is 3.17. The molecule has 7 nitrogen and oxygen atoms in total. The molecule has 1 fully saturated rings. The minimum absolute atomic E-state index is 0.495. The van der Waals surface area contributed by atoms with Gasteiger partial charge in [0.05, 0.1) is 6.10 Å². The lowest BCUT2D eigenvalue weighted by Gasteiger charge is -2.18. The number of carboxylic acids is 1. The summed E-state index contributed by atoms with van der Waals surface area (Å²) in [6, 6.07) is -1.84. The zero-order chi connectivity index (χ0) is 14.3. The van der Waals surface area contributed by atoms with Crippen LogP contribution in [0.4, 0.5) is 4.79 Å². The number of aliphatic carboxylic acids is 1. The number of rotatable bonds is 7. The summed E-state index contributed by atoms with van der Waals surface area (Å²) < 4.78 is 0. The van der Waals surface area contributed by atoms with Crippen molar-refractivity contribution in [3.8, 4) is 0 Å². The number of likely N-dealkylation sites (tertiary alicyclic amines) is 1. The van der Waals surface area contributed by atoms with Gasteiger partial charge in [0, 0.05) is 6.54 Å². The van der Waals surface area contributed by atoms with Crippen molar-refractivity contribution in [2.45, 2.75) is 38.3 Å². The number of nitrogens with one attached hydrogen (secondary N) is 2. The number of carboxylic acid groups (broad SMARTS) is 1. The van der Waals surface area contributed by atoms with Gasteiger partial charge < -0.3 is 25.7 Å². The number of hydrogen-bond donors (Lipinski definition) is 4. The topological polar surface area (TPSA) is 102 Å². The quantitative estimate of drug-likeness (QED) is 0.473. The smallest absolute Gasteiger partial charge is 0.328 e. The number of urea groups is 1. The molecular weight excluding hydrogens is 250 g/mol. The molecule has 110 valence electrons. The van der Waals surface area contributed by atoms with Gasteiger partial charge >= 0.3 is 12.0 Å². The van der Waals surface area contributed by atoms with E-state index in [0.29, 0.717) is 6.54 Å². The summed E-state index contributed by atoms with van der Waals surface area (Å²) >= 11 is 0. The first-order valence-corrected chi connectivity index (χ1v) is 6.68. The van der Waals surface area contributed by atoms with Crippen molar-refractivity contribution >= 4 is 12.0 Å². The van der Waals surface area contributed by atoms with Gasteiger partial charge in [0.25, 0.3) is 0 Å². The Balaban J connectivity index is 2.14. The molecule has 1 heterocycles. The van der Waals surface area contributed by atoms with Crippen LogP contribution in [0.1, 0.15) is 26.2 Å². The number of aliphatic hydroxyl groups excluding tert-OH is 1. The molecule has 0 aromatic rings. The number of carbonyl (C=O) groups excluding carboxylic acids is 1. The van der Waals surface area contributed by atoms with Crippen molar-refractivity contribution in [2.24, 2.45) is 0 Å². The molecule has 1 aliphatic rings. The molecule has 0 aromatic heterocycles. The van der Waals surface area contributed by atoms with Crippen LogP contribution in [-0.4, -0.2) is 65.4 Å². The van der Waals surface area contributed by atoms with Gasteiger partial charge in [0.2, 0.25) is 0 Å². The molecule has 2 atom stereocenters. The fraction of sp³-hybridized carbons (Fsp3) is 0.833. The van der Waals surface area contributed by atoms with Crippen LogP contribution in [0.2, 0.25) is 0 Å². The molecule has 1 aliphatic heterocycles. The van der Waals surface area contributed by atoms with Crippen LogP contribution < -0.4 is 10.6 Å². The molecule has 19 heavy (non-hydrogen) atoms. The number of carbonyl (C=O) groups is 2. The highest BCUT2D eigenvalue weighted by molar-refractivity contribution is 5.82. The zero-order valence-electron chi connectivity index (χ0n) is 11.3. The van der Waals surface area contributed by atoms with Gasteiger partial charge in [0.15, 0.2) is 6.04 Å². The van der Waals surface area contributed by atoms with Crippen LogP contribution in [0, 0.1) is 0 Å². The maximum atomic E-state index is 11.4. The molecule has 7 heteroatoms. The minimum Gasteiger partial charge on any atom is -0.480 e. The normalized spacial score (nSPS) is 18.8. The second kappa shape index (κ2) is 7.96. The summed E-state index contributed by atoms with van der Waals surface area (Å²) in [5, 5.41) is 22.8. The van der Waals surface area contributed by atoms with Crippen LogP contribution in [0.3, 0.4) is 0 Å². The fourth-order valence-electron chi connectivity index (χ4n) is 2.09. The van der Waals surface area contributed by atoms with E-state index >= 15 is 0 Å². The van der Waals surface area contributed by atoms with E-state index in [1.807, 2.05) is 0 Å². The van der Waals surface area contributed by atoms with E-state index in [2.05, 4.69) is 15.5 Å². The van der Waals surface area contributed by atoms with Gasteiger partial charge in [-0.2, -0.15) is 0 Å². The first kappa shape index (κ1) is 15.7. The van der Waals surface area contributed by atoms with Crippen LogP contribution in [-0.2, 0) is 4.79 Å². The SMILES string of the molecule is CC(O)C(NC(=O)NCCCN1CCCC1)C(=O)O. The Bertz CT molecular complexity index is 303. The Hall–Kier alpha value is -1.34. The van der Waals surface area contributed by atoms with Crippen LogP contribution in [0.15, 0.2) is 0 Å². The highest BCUT2D eigenvalue weighted by Crippen LogP contribution is 2.06. The molecule has 1 saturated heterocycles. The monoisotopic (exact) mass is 273 g/mol. The predicted octanol–water partition coefficient (Wildman–Crippen LogP) is -0.394. The third kappa shape index (κ3) is 5.89. The van der Waals surface area contributed by atoms with Crippen molar-refractivity contribution in [3.05, 3.63) is 0 Å². The lowest BCUT2D eigenvalue weighted by atomic mass is 10.2. The molecular formula is C12H23N3O4. The second-order valence-electron chi connectivity index (χ2n) is 4.86. The Kier molecular flexibility index (Phi) is 6.58. The van der Waals surface area contributed by atoms with Crippen LogP contribution in [0.5, 0.6) is 0 Å². The van der Waals surface area contributed by atoms with E-state index in [1.54, 1.807) is 0 Å².